The molecule has 0 spiro atoms. The number of sulfone groups is 1. The summed E-state index contributed by atoms with van der Waals surface area (Å²) in [5.41, 5.74) is 7.13. The smallest absolute Gasteiger partial charge is 0.255 e. The molecule has 10 nitrogen and oxygen atoms in total. The summed E-state index contributed by atoms with van der Waals surface area (Å²) in [6, 6.07) is 33.1. The first-order chi connectivity index (χ1) is 26.2. The molecular weight excluding hydrogens is 697 g/mol. The number of nitrogens with zero attached hydrogens (tertiary/aromatic N) is 4. The minimum absolute atomic E-state index is 0.109. The Kier molecular flexibility index (Phi) is 11.4. The quantitative estimate of drug-likeness (QED) is 0.142. The Labute approximate surface area is 318 Å². The first kappa shape index (κ1) is 37.2. The number of anilines is 1. The lowest BCUT2D eigenvalue weighted by Crippen LogP contribution is -2.43. The summed E-state index contributed by atoms with van der Waals surface area (Å²) in [4.78, 5) is 42.1. The number of H-pyrrole nitrogens is 1. The van der Waals surface area contributed by atoms with E-state index in [1.807, 2.05) is 108 Å². The monoisotopic (exact) mass is 744 g/mol. The Morgan fingerprint density at radius 2 is 1.56 bits per heavy atom. The second-order valence-electron chi connectivity index (χ2n) is 14.1. The van der Waals surface area contributed by atoms with Crippen LogP contribution < -0.4 is 5.32 Å². The van der Waals surface area contributed by atoms with Crippen molar-refractivity contribution in [3.05, 3.63) is 132 Å². The molecule has 1 aromatic heterocycles. The molecule has 3 heterocycles. The van der Waals surface area contributed by atoms with E-state index in [4.69, 9.17) is 4.98 Å². The minimum Gasteiger partial charge on any atom is -0.340 e. The molecule has 4 aromatic carbocycles. The Bertz CT molecular complexity index is 2150. The lowest BCUT2D eigenvalue weighted by molar-refractivity contribution is -0.138. The summed E-state index contributed by atoms with van der Waals surface area (Å²) in [5.74, 6) is 1.13. The molecule has 2 atom stereocenters. The number of carbonyl (C=O) groups is 2. The molecule has 2 amide bonds. The normalized spacial score (nSPS) is 17.8. The average Bonchev–Trinajstić information content (AvgIpc) is 3.90. The number of carbonyl (C=O) groups excluding carboxylic acids is 2. The molecule has 280 valence electrons. The number of aromatic amines is 1. The van der Waals surface area contributed by atoms with Gasteiger partial charge in [-0.3, -0.25) is 19.4 Å². The van der Waals surface area contributed by atoms with Crippen molar-refractivity contribution in [3.63, 3.8) is 0 Å². The van der Waals surface area contributed by atoms with E-state index < -0.39 is 9.84 Å². The number of nitrogens with one attached hydrogen (secondary N) is 2. The van der Waals surface area contributed by atoms with Crippen LogP contribution in [0.1, 0.15) is 66.1 Å². The molecule has 7 rings (SSSR count). The molecule has 54 heavy (non-hydrogen) atoms. The number of imidazole rings is 1. The highest BCUT2D eigenvalue weighted by molar-refractivity contribution is 7.91. The number of aromatic nitrogens is 2. The fourth-order valence-electron chi connectivity index (χ4n) is 7.60. The fraction of sp³-hybridized carbons (Fsp3) is 0.326. The molecule has 5 aromatic rings. The van der Waals surface area contributed by atoms with Crippen molar-refractivity contribution in [2.45, 2.75) is 45.3 Å². The van der Waals surface area contributed by atoms with Crippen LogP contribution in [0, 0.1) is 0 Å². The summed E-state index contributed by atoms with van der Waals surface area (Å²) in [7, 11) is -2.91. The van der Waals surface area contributed by atoms with E-state index in [2.05, 4.69) is 33.9 Å². The van der Waals surface area contributed by atoms with Crippen molar-refractivity contribution in [1.29, 1.82) is 0 Å². The van der Waals surface area contributed by atoms with Gasteiger partial charge in [0.15, 0.2) is 9.84 Å². The Balaban J connectivity index is 0.993. The SMILES string of the molecule is CCN(CC)[C@@H](C(=O)N1CCC[C@@H]1c1ncc(-c2ccc(-c3cccc(C(=O)Nc4ccc(CN5CCS(=O)(=O)CC5)cc4)c3)cc2)[nH]1)c1ccccc1. The van der Waals surface area contributed by atoms with Crippen LogP contribution in [0.25, 0.3) is 22.4 Å². The van der Waals surface area contributed by atoms with Gasteiger partial charge in [-0.05, 0) is 78.0 Å². The number of benzene rings is 4. The molecule has 2 aliphatic rings. The third kappa shape index (κ3) is 8.49. The molecule has 0 saturated carbocycles. The van der Waals surface area contributed by atoms with Gasteiger partial charge < -0.3 is 15.2 Å². The van der Waals surface area contributed by atoms with Gasteiger partial charge in [0.25, 0.3) is 5.91 Å². The first-order valence-electron chi connectivity index (χ1n) is 18.9. The standard InChI is InChI=1S/C43H48N6O4S/c1-3-48(4-2)40(34-10-6-5-7-11-34)43(51)49-23-9-14-39(49)41-44-29-38(46-41)33-19-17-32(18-20-33)35-12-8-13-36(28-35)42(50)45-37-21-15-31(16-22-37)30-47-24-26-54(52,53)27-25-47/h5-8,10-13,15-22,28-29,39-40H,3-4,9,14,23-27,30H2,1-2H3,(H,44,46)(H,45,50)/t39-,40-/m1/s1. The van der Waals surface area contributed by atoms with Crippen molar-refractivity contribution in [1.82, 2.24) is 24.7 Å². The molecule has 0 unspecified atom stereocenters. The molecule has 2 aliphatic heterocycles. The van der Waals surface area contributed by atoms with E-state index in [0.29, 0.717) is 37.4 Å². The molecule has 0 radical (unpaired) electrons. The Hall–Kier alpha value is -5.10. The second-order valence-corrected chi connectivity index (χ2v) is 16.4. The van der Waals surface area contributed by atoms with Gasteiger partial charge >= 0.3 is 0 Å². The lowest BCUT2D eigenvalue weighted by Gasteiger charge is -2.34. The fourth-order valence-corrected chi connectivity index (χ4v) is 8.88. The Morgan fingerprint density at radius 1 is 0.852 bits per heavy atom. The summed E-state index contributed by atoms with van der Waals surface area (Å²) >= 11 is 0. The van der Waals surface area contributed by atoms with E-state index in [9.17, 15) is 18.0 Å². The highest BCUT2D eigenvalue weighted by Crippen LogP contribution is 2.36. The maximum absolute atomic E-state index is 14.2. The second kappa shape index (κ2) is 16.5. The third-order valence-electron chi connectivity index (χ3n) is 10.7. The van der Waals surface area contributed by atoms with Gasteiger partial charge in [-0.15, -0.1) is 0 Å². The van der Waals surface area contributed by atoms with E-state index in [1.54, 1.807) is 6.07 Å². The summed E-state index contributed by atoms with van der Waals surface area (Å²) in [6.07, 6.45) is 3.64. The van der Waals surface area contributed by atoms with Crippen LogP contribution >= 0.6 is 0 Å². The van der Waals surface area contributed by atoms with Crippen LogP contribution in [-0.4, -0.2) is 89.1 Å². The molecule has 2 N–H and O–H groups in total. The molecule has 11 heteroatoms. The number of hydrogen-bond donors (Lipinski definition) is 2. The van der Waals surface area contributed by atoms with Crippen LogP contribution in [0.3, 0.4) is 0 Å². The van der Waals surface area contributed by atoms with Crippen LogP contribution in [0.2, 0.25) is 0 Å². The van der Waals surface area contributed by atoms with E-state index in [0.717, 1.165) is 65.3 Å². The zero-order chi connectivity index (χ0) is 37.7. The first-order valence-corrected chi connectivity index (χ1v) is 20.7. The van der Waals surface area contributed by atoms with Gasteiger partial charge in [0.2, 0.25) is 5.91 Å². The summed E-state index contributed by atoms with van der Waals surface area (Å²) in [5, 5.41) is 3.00. The zero-order valence-electron chi connectivity index (χ0n) is 30.9. The van der Waals surface area contributed by atoms with Gasteiger partial charge in [0.05, 0.1) is 29.4 Å². The highest BCUT2D eigenvalue weighted by Gasteiger charge is 2.38. The number of hydrogen-bond acceptors (Lipinski definition) is 7. The predicted molar refractivity (Wildman–Crippen MR) is 214 cm³/mol. The maximum Gasteiger partial charge on any atom is 0.255 e. The zero-order valence-corrected chi connectivity index (χ0v) is 31.8. The predicted octanol–water partition coefficient (Wildman–Crippen LogP) is 6.97. The van der Waals surface area contributed by atoms with Crippen LogP contribution in [0.4, 0.5) is 5.69 Å². The van der Waals surface area contributed by atoms with Crippen LogP contribution in [0.15, 0.2) is 109 Å². The van der Waals surface area contributed by atoms with Gasteiger partial charge in [0.1, 0.15) is 11.9 Å². The van der Waals surface area contributed by atoms with Gasteiger partial charge in [-0.25, -0.2) is 13.4 Å². The maximum atomic E-state index is 14.2. The lowest BCUT2D eigenvalue weighted by atomic mass is 10.0. The van der Waals surface area contributed by atoms with Crippen LogP contribution in [0.5, 0.6) is 0 Å². The van der Waals surface area contributed by atoms with Crippen molar-refractivity contribution in [2.75, 3.05) is 49.5 Å². The summed E-state index contributed by atoms with van der Waals surface area (Å²) in [6.45, 7) is 8.24. The average molecular weight is 745 g/mol. The van der Waals surface area contributed by atoms with Crippen LogP contribution in [-0.2, 0) is 21.2 Å². The minimum atomic E-state index is -2.91. The van der Waals surface area contributed by atoms with E-state index in [1.165, 1.54) is 0 Å². The molecular formula is C43H48N6O4S. The third-order valence-corrected chi connectivity index (χ3v) is 12.3. The van der Waals surface area contributed by atoms with Gasteiger partial charge in [-0.1, -0.05) is 92.7 Å². The number of rotatable bonds is 12. The van der Waals surface area contributed by atoms with Crippen molar-refractivity contribution < 1.29 is 18.0 Å². The number of amides is 2. The molecule has 0 aliphatic carbocycles. The van der Waals surface area contributed by atoms with Gasteiger partial charge in [0, 0.05) is 37.4 Å². The number of likely N-dealkylation sites (tertiary alicyclic amines) is 1. The topological polar surface area (TPSA) is 119 Å². The molecule has 2 saturated heterocycles. The Morgan fingerprint density at radius 3 is 2.26 bits per heavy atom. The van der Waals surface area contributed by atoms with E-state index in [-0.39, 0.29) is 35.4 Å². The largest absolute Gasteiger partial charge is 0.340 e. The van der Waals surface area contributed by atoms with Crippen molar-refractivity contribution >= 4 is 27.3 Å². The van der Waals surface area contributed by atoms with Gasteiger partial charge in [-0.2, -0.15) is 0 Å². The number of likely N-dealkylation sites (N-methyl/N-ethyl adjacent to an activating group) is 1. The summed E-state index contributed by atoms with van der Waals surface area (Å²) < 4.78 is 23.5. The van der Waals surface area contributed by atoms with Crippen molar-refractivity contribution in [3.8, 4) is 22.4 Å². The molecule has 0 bridgehead atoms. The van der Waals surface area contributed by atoms with E-state index >= 15 is 0 Å². The highest BCUT2D eigenvalue weighted by atomic mass is 32.2. The molecule has 2 fully saturated rings. The van der Waals surface area contributed by atoms with Crippen molar-refractivity contribution in [2.24, 2.45) is 0 Å².